The molecule has 11 heteroatoms. The summed E-state index contributed by atoms with van der Waals surface area (Å²) in [5.41, 5.74) is 0.180. The van der Waals surface area contributed by atoms with Crippen LogP contribution in [0, 0.1) is 11.8 Å². The van der Waals surface area contributed by atoms with Crippen LogP contribution < -0.4 is 10.6 Å². The van der Waals surface area contributed by atoms with Gasteiger partial charge in [0.2, 0.25) is 15.9 Å². The number of rotatable bonds is 10. The van der Waals surface area contributed by atoms with Crippen LogP contribution in [0.1, 0.15) is 31.1 Å². The van der Waals surface area contributed by atoms with Gasteiger partial charge < -0.3 is 15.4 Å². The summed E-state index contributed by atoms with van der Waals surface area (Å²) in [4.78, 5) is 25.8. The van der Waals surface area contributed by atoms with Crippen molar-refractivity contribution in [3.8, 4) is 0 Å². The minimum Gasteiger partial charge on any atom is -0.379 e. The van der Waals surface area contributed by atoms with E-state index in [0.717, 1.165) is 0 Å². The fourth-order valence-electron chi connectivity index (χ4n) is 3.67. The van der Waals surface area contributed by atoms with Crippen molar-refractivity contribution in [2.75, 3.05) is 32.8 Å². The second kappa shape index (κ2) is 11.6. The predicted octanol–water partition coefficient (Wildman–Crippen LogP) is 1.11. The van der Waals surface area contributed by atoms with E-state index in [-0.39, 0.29) is 41.3 Å². The highest BCUT2D eigenvalue weighted by molar-refractivity contribution is 7.89. The van der Waals surface area contributed by atoms with Crippen LogP contribution in [0.4, 0.5) is 0 Å². The van der Waals surface area contributed by atoms with Crippen LogP contribution in [-0.4, -0.2) is 73.2 Å². The molecule has 1 aromatic carbocycles. The number of morpholine rings is 1. The first-order valence-electron chi connectivity index (χ1n) is 11.4. The Morgan fingerprint density at radius 1 is 1.15 bits per heavy atom. The number of ether oxygens (including phenoxy) is 1. The maximum Gasteiger partial charge on any atom is 0.251 e. The van der Waals surface area contributed by atoms with E-state index in [2.05, 4.69) is 15.7 Å². The molecule has 2 aromatic rings. The molecule has 2 heterocycles. The fraction of sp³-hybridized carbons (Fsp3) is 0.522. The van der Waals surface area contributed by atoms with Crippen LogP contribution in [-0.2, 0) is 26.1 Å². The first kappa shape index (κ1) is 25.9. The average molecular weight is 492 g/mol. The largest absolute Gasteiger partial charge is 0.379 e. The van der Waals surface area contributed by atoms with Crippen molar-refractivity contribution in [2.45, 2.75) is 38.3 Å². The normalized spacial score (nSPS) is 16.7. The van der Waals surface area contributed by atoms with Crippen molar-refractivity contribution in [1.29, 1.82) is 0 Å². The summed E-state index contributed by atoms with van der Waals surface area (Å²) in [6.07, 6.45) is 3.57. The Bertz CT molecular complexity index is 1070. The molecule has 2 unspecified atom stereocenters. The minimum atomic E-state index is -3.73. The Morgan fingerprint density at radius 3 is 2.53 bits per heavy atom. The average Bonchev–Trinajstić information content (AvgIpc) is 3.34. The van der Waals surface area contributed by atoms with Crippen molar-refractivity contribution in [3.63, 3.8) is 0 Å². The van der Waals surface area contributed by atoms with Crippen molar-refractivity contribution in [3.05, 3.63) is 48.3 Å². The molecule has 2 N–H and O–H groups in total. The number of carbonyl (C=O) groups is 2. The molecule has 1 aromatic heterocycles. The summed E-state index contributed by atoms with van der Waals surface area (Å²) in [6.45, 7) is 8.01. The van der Waals surface area contributed by atoms with Gasteiger partial charge in [-0.25, -0.2) is 8.42 Å². The number of amides is 2. The third kappa shape index (κ3) is 6.64. The van der Waals surface area contributed by atoms with Gasteiger partial charge in [0.25, 0.3) is 5.91 Å². The Labute approximate surface area is 200 Å². The topological polar surface area (TPSA) is 123 Å². The summed E-state index contributed by atoms with van der Waals surface area (Å²) in [7, 11) is -3.73. The fourth-order valence-corrected chi connectivity index (χ4v) is 5.12. The van der Waals surface area contributed by atoms with Crippen LogP contribution in [0.2, 0.25) is 0 Å². The SMILES string of the molecule is CC(CNC(=O)C(NC(=O)c1cccc(S(=O)(=O)N2CCOCC2)c1)C(C)C)Cn1cccn1. The Balaban J connectivity index is 1.63. The quantitative estimate of drug-likeness (QED) is 0.513. The standard InChI is InChI=1S/C23H33N5O5S/c1-17(2)21(23(30)24-15-18(3)16-27-9-5-8-25-27)26-22(29)19-6-4-7-20(14-19)34(31,32)28-10-12-33-13-11-28/h4-9,14,17-18,21H,10-13,15-16H2,1-3H3,(H,24,30)(H,26,29). The van der Waals surface area contributed by atoms with E-state index >= 15 is 0 Å². The maximum atomic E-state index is 12.9. The van der Waals surface area contributed by atoms with Gasteiger partial charge in [-0.2, -0.15) is 9.40 Å². The Kier molecular flexibility index (Phi) is 8.81. The summed E-state index contributed by atoms with van der Waals surface area (Å²) in [6, 6.07) is 6.97. The molecule has 1 fully saturated rings. The van der Waals surface area contributed by atoms with Gasteiger partial charge in [0.1, 0.15) is 6.04 Å². The summed E-state index contributed by atoms with van der Waals surface area (Å²) < 4.78 is 34.2. The molecule has 34 heavy (non-hydrogen) atoms. The molecule has 0 bridgehead atoms. The van der Waals surface area contributed by atoms with Gasteiger partial charge in [0.15, 0.2) is 0 Å². The summed E-state index contributed by atoms with van der Waals surface area (Å²) in [5, 5.41) is 9.83. The lowest BCUT2D eigenvalue weighted by atomic mass is 10.0. The molecule has 0 saturated carbocycles. The number of hydrogen-bond acceptors (Lipinski definition) is 6. The smallest absolute Gasteiger partial charge is 0.251 e. The van der Waals surface area contributed by atoms with E-state index in [9.17, 15) is 18.0 Å². The predicted molar refractivity (Wildman–Crippen MR) is 127 cm³/mol. The number of sulfonamides is 1. The van der Waals surface area contributed by atoms with Crippen LogP contribution >= 0.6 is 0 Å². The number of hydrogen-bond donors (Lipinski definition) is 2. The van der Waals surface area contributed by atoms with Gasteiger partial charge >= 0.3 is 0 Å². The second-order valence-electron chi connectivity index (χ2n) is 8.82. The first-order chi connectivity index (χ1) is 16.2. The zero-order chi connectivity index (χ0) is 24.7. The van der Waals surface area contributed by atoms with Crippen LogP contribution in [0.5, 0.6) is 0 Å². The van der Waals surface area contributed by atoms with Crippen molar-refractivity contribution in [2.24, 2.45) is 11.8 Å². The third-order valence-corrected chi connectivity index (χ3v) is 7.52. The molecule has 1 saturated heterocycles. The van der Waals surface area contributed by atoms with Crippen molar-refractivity contribution < 1.29 is 22.7 Å². The molecule has 10 nitrogen and oxygen atoms in total. The molecule has 1 aliphatic rings. The Hall–Kier alpha value is -2.76. The summed E-state index contributed by atoms with van der Waals surface area (Å²) >= 11 is 0. The molecule has 2 atom stereocenters. The third-order valence-electron chi connectivity index (χ3n) is 5.62. The van der Waals surface area contributed by atoms with E-state index in [4.69, 9.17) is 4.74 Å². The molecule has 1 aliphatic heterocycles. The number of carbonyl (C=O) groups excluding carboxylic acids is 2. The van der Waals surface area contributed by atoms with Crippen LogP contribution in [0.15, 0.2) is 47.6 Å². The van der Waals surface area contributed by atoms with Gasteiger partial charge in [0.05, 0.1) is 18.1 Å². The molecule has 0 aliphatic carbocycles. The number of aromatic nitrogens is 2. The monoisotopic (exact) mass is 491 g/mol. The lowest BCUT2D eigenvalue weighted by Crippen LogP contribution is -2.50. The van der Waals surface area contributed by atoms with E-state index < -0.39 is 22.0 Å². The molecule has 0 radical (unpaired) electrons. The van der Waals surface area contributed by atoms with Gasteiger partial charge in [-0.05, 0) is 36.1 Å². The van der Waals surface area contributed by atoms with Gasteiger partial charge in [-0.1, -0.05) is 26.8 Å². The van der Waals surface area contributed by atoms with E-state index in [1.165, 1.54) is 28.6 Å². The number of nitrogens with zero attached hydrogens (tertiary/aromatic N) is 3. The molecule has 3 rings (SSSR count). The molecule has 186 valence electrons. The molecule has 2 amide bonds. The van der Waals surface area contributed by atoms with Crippen molar-refractivity contribution >= 4 is 21.8 Å². The molecular formula is C23H33N5O5S. The van der Waals surface area contributed by atoms with Crippen LogP contribution in [0.3, 0.4) is 0 Å². The van der Waals surface area contributed by atoms with Gasteiger partial charge in [-0.15, -0.1) is 0 Å². The first-order valence-corrected chi connectivity index (χ1v) is 12.9. The molecular weight excluding hydrogens is 458 g/mol. The minimum absolute atomic E-state index is 0.0417. The number of benzene rings is 1. The maximum absolute atomic E-state index is 12.9. The van der Waals surface area contributed by atoms with E-state index in [0.29, 0.717) is 26.3 Å². The van der Waals surface area contributed by atoms with E-state index in [1.807, 2.05) is 33.0 Å². The number of nitrogens with one attached hydrogen (secondary N) is 2. The Morgan fingerprint density at radius 2 is 1.88 bits per heavy atom. The zero-order valence-corrected chi connectivity index (χ0v) is 20.6. The van der Waals surface area contributed by atoms with Crippen molar-refractivity contribution in [1.82, 2.24) is 24.7 Å². The van der Waals surface area contributed by atoms with Gasteiger partial charge in [-0.3, -0.25) is 14.3 Å². The highest BCUT2D eigenvalue weighted by Crippen LogP contribution is 2.18. The van der Waals surface area contributed by atoms with Gasteiger partial charge in [0, 0.05) is 44.1 Å². The molecule has 0 spiro atoms. The highest BCUT2D eigenvalue weighted by atomic mass is 32.2. The second-order valence-corrected chi connectivity index (χ2v) is 10.8. The van der Waals surface area contributed by atoms with E-state index in [1.54, 1.807) is 10.9 Å². The lowest BCUT2D eigenvalue weighted by Gasteiger charge is -2.26. The van der Waals surface area contributed by atoms with Crippen LogP contribution in [0.25, 0.3) is 0 Å². The summed E-state index contributed by atoms with van der Waals surface area (Å²) in [5.74, 6) is -0.801. The lowest BCUT2D eigenvalue weighted by molar-refractivity contribution is -0.124. The highest BCUT2D eigenvalue weighted by Gasteiger charge is 2.28. The zero-order valence-electron chi connectivity index (χ0n) is 19.8.